The van der Waals surface area contributed by atoms with Crippen LogP contribution in [0.3, 0.4) is 0 Å². The van der Waals surface area contributed by atoms with Crippen LogP contribution in [0.4, 0.5) is 0 Å². The third-order valence-electron chi connectivity index (χ3n) is 7.28. The van der Waals surface area contributed by atoms with Crippen LogP contribution in [0.25, 0.3) is 0 Å². The Balaban J connectivity index is 1.41. The zero-order chi connectivity index (χ0) is 28.9. The Morgan fingerprint density at radius 2 is 1.80 bits per heavy atom. The lowest BCUT2D eigenvalue weighted by atomic mass is 9.70. The summed E-state index contributed by atoms with van der Waals surface area (Å²) in [7, 11) is 0. The summed E-state index contributed by atoms with van der Waals surface area (Å²) < 4.78 is 7.18. The number of Topliss-reactive ketones (excluding diaryl/α,β-unsaturated/α-hetero) is 3. The van der Waals surface area contributed by atoms with Crippen LogP contribution in [0.2, 0.25) is 0 Å². The van der Waals surface area contributed by atoms with Gasteiger partial charge in [-0.25, -0.2) is 4.68 Å². The highest BCUT2D eigenvalue weighted by molar-refractivity contribution is 6.31. The largest absolute Gasteiger partial charge is 0.507 e. The van der Waals surface area contributed by atoms with Crippen molar-refractivity contribution in [2.24, 2.45) is 0 Å². The molecule has 0 fully saturated rings. The SMILES string of the molecule is CC(=O)c1c(O)c(C)c(O)c2c1OC1=CC(=O)/C(=C(/C)NCc3cn(CC(=O)c4ccccc4)nn3)C(=O)C12C. The van der Waals surface area contributed by atoms with E-state index in [9.17, 15) is 29.4 Å². The number of ketones is 4. The molecular weight excluding hydrogens is 516 g/mol. The van der Waals surface area contributed by atoms with Gasteiger partial charge in [-0.3, -0.25) is 19.2 Å². The van der Waals surface area contributed by atoms with Crippen LogP contribution in [0.5, 0.6) is 17.2 Å². The van der Waals surface area contributed by atoms with Gasteiger partial charge >= 0.3 is 0 Å². The van der Waals surface area contributed by atoms with E-state index in [1.54, 1.807) is 37.4 Å². The van der Waals surface area contributed by atoms with Crippen LogP contribution in [0.15, 0.2) is 59.6 Å². The van der Waals surface area contributed by atoms with Crippen molar-refractivity contribution in [2.75, 3.05) is 0 Å². The highest BCUT2D eigenvalue weighted by Crippen LogP contribution is 2.57. The minimum atomic E-state index is -1.60. The van der Waals surface area contributed by atoms with Gasteiger partial charge in [0, 0.05) is 22.9 Å². The number of rotatable bonds is 7. The third-order valence-corrected chi connectivity index (χ3v) is 7.28. The van der Waals surface area contributed by atoms with E-state index in [1.807, 2.05) is 6.07 Å². The lowest BCUT2D eigenvalue weighted by molar-refractivity contribution is -0.123. The molecule has 0 radical (unpaired) electrons. The van der Waals surface area contributed by atoms with Crippen molar-refractivity contribution in [3.63, 3.8) is 0 Å². The van der Waals surface area contributed by atoms with Crippen molar-refractivity contribution in [3.8, 4) is 17.2 Å². The fraction of sp³-hybridized carbons (Fsp3) is 0.241. The molecule has 2 aromatic carbocycles. The van der Waals surface area contributed by atoms with Gasteiger partial charge in [-0.2, -0.15) is 0 Å². The average molecular weight is 543 g/mol. The Hall–Kier alpha value is -5.06. The summed E-state index contributed by atoms with van der Waals surface area (Å²) in [5.74, 6) is -2.92. The number of hydrogen-bond donors (Lipinski definition) is 3. The second-order valence-corrected chi connectivity index (χ2v) is 9.94. The molecule has 1 atom stereocenters. The summed E-state index contributed by atoms with van der Waals surface area (Å²) in [6, 6.07) is 8.81. The van der Waals surface area contributed by atoms with E-state index in [4.69, 9.17) is 4.74 Å². The van der Waals surface area contributed by atoms with Crippen molar-refractivity contribution in [1.29, 1.82) is 0 Å². The van der Waals surface area contributed by atoms with Gasteiger partial charge in [-0.15, -0.1) is 5.10 Å². The second kappa shape index (κ2) is 9.60. The quantitative estimate of drug-likeness (QED) is 0.230. The molecule has 1 aliphatic carbocycles. The fourth-order valence-corrected chi connectivity index (χ4v) is 5.03. The maximum Gasteiger partial charge on any atom is 0.194 e. The zero-order valence-corrected chi connectivity index (χ0v) is 22.2. The zero-order valence-electron chi connectivity index (χ0n) is 22.2. The molecule has 11 nitrogen and oxygen atoms in total. The van der Waals surface area contributed by atoms with Crippen LogP contribution in [0.1, 0.15) is 58.3 Å². The van der Waals surface area contributed by atoms with Crippen LogP contribution in [-0.2, 0) is 28.1 Å². The minimum absolute atomic E-state index is 0.000106. The van der Waals surface area contributed by atoms with Crippen LogP contribution < -0.4 is 10.1 Å². The number of phenols is 2. The molecule has 0 bridgehead atoms. The number of phenolic OH excluding ortho intramolecular Hbond substituents is 2. The first-order valence-electron chi connectivity index (χ1n) is 12.5. The molecule has 204 valence electrons. The molecule has 0 saturated carbocycles. The van der Waals surface area contributed by atoms with Crippen molar-refractivity contribution < 1.29 is 34.1 Å². The summed E-state index contributed by atoms with van der Waals surface area (Å²) >= 11 is 0. The van der Waals surface area contributed by atoms with Gasteiger partial charge in [0.25, 0.3) is 0 Å². The summed E-state index contributed by atoms with van der Waals surface area (Å²) in [5, 5.41) is 32.5. The first-order chi connectivity index (χ1) is 18.9. The third kappa shape index (κ3) is 4.06. The minimum Gasteiger partial charge on any atom is -0.507 e. The molecule has 1 unspecified atom stereocenters. The van der Waals surface area contributed by atoms with E-state index < -0.39 is 34.3 Å². The lowest BCUT2D eigenvalue weighted by Crippen LogP contribution is -2.41. The summed E-state index contributed by atoms with van der Waals surface area (Å²) in [6.07, 6.45) is 2.75. The Morgan fingerprint density at radius 1 is 1.10 bits per heavy atom. The molecule has 3 N–H and O–H groups in total. The van der Waals surface area contributed by atoms with Crippen molar-refractivity contribution in [2.45, 2.75) is 46.2 Å². The number of aromatic hydroxyl groups is 2. The molecule has 2 aliphatic rings. The van der Waals surface area contributed by atoms with E-state index in [-0.39, 0.29) is 58.3 Å². The highest BCUT2D eigenvalue weighted by atomic mass is 16.5. The van der Waals surface area contributed by atoms with Gasteiger partial charge in [-0.1, -0.05) is 35.5 Å². The van der Waals surface area contributed by atoms with Crippen molar-refractivity contribution in [3.05, 3.63) is 87.6 Å². The van der Waals surface area contributed by atoms with E-state index >= 15 is 0 Å². The normalized spacial score (nSPS) is 18.9. The number of benzene rings is 2. The molecular formula is C29H26N4O7. The Morgan fingerprint density at radius 3 is 2.48 bits per heavy atom. The number of hydrogen-bond acceptors (Lipinski definition) is 10. The molecule has 3 aromatic rings. The van der Waals surface area contributed by atoms with E-state index in [2.05, 4.69) is 15.6 Å². The molecule has 0 saturated heterocycles. The summed E-state index contributed by atoms with van der Waals surface area (Å²) in [4.78, 5) is 51.7. The van der Waals surface area contributed by atoms with Gasteiger partial charge in [-0.05, 0) is 27.7 Å². The summed E-state index contributed by atoms with van der Waals surface area (Å²) in [6.45, 7) is 5.83. The number of nitrogens with zero attached hydrogens (tertiary/aromatic N) is 3. The lowest BCUT2D eigenvalue weighted by Gasteiger charge is -2.29. The van der Waals surface area contributed by atoms with Gasteiger partial charge in [0.2, 0.25) is 0 Å². The number of carbonyl (C=O) groups excluding carboxylic acids is 4. The van der Waals surface area contributed by atoms with Crippen LogP contribution in [-0.4, -0.2) is 48.3 Å². The van der Waals surface area contributed by atoms with Gasteiger partial charge < -0.3 is 20.3 Å². The predicted octanol–water partition coefficient (Wildman–Crippen LogP) is 2.83. The molecule has 0 spiro atoms. The average Bonchev–Trinajstić information content (AvgIpc) is 3.48. The molecule has 2 heterocycles. The van der Waals surface area contributed by atoms with E-state index in [0.29, 0.717) is 11.3 Å². The molecule has 40 heavy (non-hydrogen) atoms. The van der Waals surface area contributed by atoms with E-state index in [1.165, 1.54) is 25.5 Å². The Bertz CT molecular complexity index is 1680. The number of nitrogens with one attached hydrogen (secondary N) is 1. The first kappa shape index (κ1) is 26.5. The first-order valence-corrected chi connectivity index (χ1v) is 12.5. The number of aromatic nitrogens is 3. The van der Waals surface area contributed by atoms with Crippen LogP contribution in [0, 0.1) is 6.92 Å². The maximum atomic E-state index is 13.9. The van der Waals surface area contributed by atoms with Crippen molar-refractivity contribution in [1.82, 2.24) is 20.3 Å². The maximum absolute atomic E-state index is 13.9. The predicted molar refractivity (Wildman–Crippen MR) is 141 cm³/mol. The van der Waals surface area contributed by atoms with Gasteiger partial charge in [0.05, 0.1) is 23.9 Å². The van der Waals surface area contributed by atoms with E-state index in [0.717, 1.165) is 6.08 Å². The molecule has 0 amide bonds. The molecule has 1 aromatic heterocycles. The van der Waals surface area contributed by atoms with Gasteiger partial charge in [0.15, 0.2) is 23.1 Å². The topological polar surface area (TPSA) is 161 Å². The number of allylic oxidation sites excluding steroid dienone is 4. The summed E-state index contributed by atoms with van der Waals surface area (Å²) in [5.41, 5.74) is -0.588. The van der Waals surface area contributed by atoms with Gasteiger partial charge in [0.1, 0.15) is 46.2 Å². The highest BCUT2D eigenvalue weighted by Gasteiger charge is 2.56. The van der Waals surface area contributed by atoms with Crippen LogP contribution >= 0.6 is 0 Å². The molecule has 11 heteroatoms. The standard InChI is InChI=1S/C29H26N4O7/c1-14-25(37)23(16(3)34)27-24(26(14)38)29(4)21(40-27)10-19(35)22(28(29)39)15(2)30-11-18-12-33(32-31-18)13-20(36)17-8-6-5-7-9-17/h5-10,12,30,37-38H,11,13H2,1-4H3/b22-15+. The fourth-order valence-electron chi connectivity index (χ4n) is 5.03. The molecule has 1 aliphatic heterocycles. The Labute approximate surface area is 228 Å². The van der Waals surface area contributed by atoms with Crippen molar-refractivity contribution >= 4 is 23.1 Å². The second-order valence-electron chi connectivity index (χ2n) is 9.94. The number of ether oxygens (including phenoxy) is 1. The monoisotopic (exact) mass is 542 g/mol. The smallest absolute Gasteiger partial charge is 0.194 e. The number of fused-ring (bicyclic) bond motifs is 3. The molecule has 5 rings (SSSR count). The Kier molecular flexibility index (Phi) is 6.37. The number of carbonyl (C=O) groups is 4.